The topological polar surface area (TPSA) is 46.5 Å². The highest BCUT2D eigenvalue weighted by Gasteiger charge is 2.09. The minimum absolute atomic E-state index is 0.803. The van der Waals surface area contributed by atoms with E-state index in [1.54, 1.807) is 0 Å². The minimum Gasteiger partial charge on any atom is -0.449 e. The molecule has 94 valence electrons. The van der Waals surface area contributed by atoms with E-state index in [1.165, 1.54) is 0 Å². The fraction of sp³-hybridized carbons (Fsp3) is 0. The van der Waals surface area contributed by atoms with Crippen LogP contribution in [0.2, 0.25) is 0 Å². The van der Waals surface area contributed by atoms with Gasteiger partial charge in [0.1, 0.15) is 12.0 Å². The van der Waals surface area contributed by atoms with Gasteiger partial charge in [-0.05, 0) is 27.6 Å². The molecule has 0 atom stereocenters. The van der Waals surface area contributed by atoms with E-state index in [-0.39, 0.29) is 0 Å². The zero-order valence-electron chi connectivity index (χ0n) is 9.87. The first-order chi connectivity index (χ1) is 9.25. The molecule has 0 fully saturated rings. The first-order valence-corrected chi connectivity index (χ1v) is 6.48. The lowest BCUT2D eigenvalue weighted by Crippen LogP contribution is -1.91. The Morgan fingerprint density at radius 1 is 0.947 bits per heavy atom. The van der Waals surface area contributed by atoms with Crippen LogP contribution in [0, 0.1) is 0 Å². The zero-order chi connectivity index (χ0) is 13.2. The molecule has 0 bridgehead atoms. The lowest BCUT2D eigenvalue weighted by molar-refractivity contribution is 0.153. The van der Waals surface area contributed by atoms with Crippen LogP contribution >= 0.6 is 12.0 Å². The summed E-state index contributed by atoms with van der Waals surface area (Å²) in [5, 5.41) is 12.9. The van der Waals surface area contributed by atoms with Crippen LogP contribution in [-0.2, 0) is 4.18 Å². The van der Waals surface area contributed by atoms with E-state index in [2.05, 4.69) is 10.2 Å². The Kier molecular flexibility index (Phi) is 3.01. The molecule has 19 heavy (non-hydrogen) atoms. The Morgan fingerprint density at radius 3 is 2.32 bits per heavy atom. The summed E-state index contributed by atoms with van der Waals surface area (Å²) in [6, 6.07) is 17.9. The van der Waals surface area contributed by atoms with Gasteiger partial charge in [-0.2, -0.15) is 0 Å². The summed E-state index contributed by atoms with van der Waals surface area (Å²) in [7, 11) is 0. The number of carbonyl (C=O) groups is 1. The maximum atomic E-state index is 10.5. The Hall–Kier alpha value is -2.20. The van der Waals surface area contributed by atoms with Crippen LogP contribution in [0.5, 0.6) is 0 Å². The van der Waals surface area contributed by atoms with Gasteiger partial charge in [0.15, 0.2) is 0 Å². The van der Waals surface area contributed by atoms with Crippen molar-refractivity contribution < 1.29 is 14.1 Å². The highest BCUT2D eigenvalue weighted by molar-refractivity contribution is 7.95. The molecule has 3 rings (SSSR count). The normalized spacial score (nSPS) is 10.7. The number of hydrogen-bond donors (Lipinski definition) is 1. The molecule has 0 unspecified atom stereocenters. The Morgan fingerprint density at radius 2 is 1.58 bits per heavy atom. The van der Waals surface area contributed by atoms with Crippen molar-refractivity contribution in [2.75, 3.05) is 0 Å². The van der Waals surface area contributed by atoms with Gasteiger partial charge < -0.3 is 9.29 Å². The summed E-state index contributed by atoms with van der Waals surface area (Å²) in [5.74, 6) is 0. The average molecular weight is 270 g/mol. The number of hydrogen-bond acceptors (Lipinski definition) is 3. The molecule has 0 heterocycles. The Balaban J connectivity index is 2.26. The van der Waals surface area contributed by atoms with Crippen LogP contribution in [0.25, 0.3) is 21.5 Å². The van der Waals surface area contributed by atoms with E-state index in [0.717, 1.165) is 38.5 Å². The van der Waals surface area contributed by atoms with Crippen LogP contribution < -0.4 is 0 Å². The molecule has 0 saturated carbocycles. The minimum atomic E-state index is -1.29. The van der Waals surface area contributed by atoms with Gasteiger partial charge in [0, 0.05) is 0 Å². The molecule has 0 radical (unpaired) electrons. The van der Waals surface area contributed by atoms with E-state index in [9.17, 15) is 4.79 Å². The van der Waals surface area contributed by atoms with Crippen molar-refractivity contribution in [1.29, 1.82) is 0 Å². The monoisotopic (exact) mass is 270 g/mol. The van der Waals surface area contributed by atoms with Crippen LogP contribution in [0.4, 0.5) is 4.79 Å². The third-order valence-electron chi connectivity index (χ3n) is 2.93. The predicted octanol–water partition coefficient (Wildman–Crippen LogP) is 4.69. The quantitative estimate of drug-likeness (QED) is 0.542. The molecule has 0 aliphatic rings. The highest BCUT2D eigenvalue weighted by atomic mass is 32.2. The summed E-state index contributed by atoms with van der Waals surface area (Å²) < 4.78 is 4.62. The van der Waals surface area contributed by atoms with E-state index >= 15 is 0 Å². The summed E-state index contributed by atoms with van der Waals surface area (Å²) in [5.41, 5.74) is 0. The molecule has 0 saturated heterocycles. The molecule has 3 nitrogen and oxygen atoms in total. The molecule has 0 aliphatic carbocycles. The van der Waals surface area contributed by atoms with E-state index in [4.69, 9.17) is 5.11 Å². The summed E-state index contributed by atoms with van der Waals surface area (Å²) in [6.07, 6.45) is -1.29. The Labute approximate surface area is 114 Å². The standard InChI is InChI=1S/C15H10O3S/c16-15(17)18-19-14-9-10-5-1-2-6-11(10)12-7-3-4-8-13(12)14/h1-9H,(H,16,17). The largest absolute Gasteiger partial charge is 0.518 e. The molecule has 0 aromatic heterocycles. The Bertz CT molecular complexity index is 768. The van der Waals surface area contributed by atoms with E-state index < -0.39 is 6.16 Å². The lowest BCUT2D eigenvalue weighted by Gasteiger charge is -2.08. The van der Waals surface area contributed by atoms with Crippen molar-refractivity contribution >= 4 is 39.7 Å². The van der Waals surface area contributed by atoms with E-state index in [1.807, 2.05) is 48.5 Å². The van der Waals surface area contributed by atoms with Crippen LogP contribution in [0.3, 0.4) is 0 Å². The van der Waals surface area contributed by atoms with Crippen molar-refractivity contribution in [1.82, 2.24) is 0 Å². The second kappa shape index (κ2) is 4.82. The molecular formula is C15H10O3S. The molecular weight excluding hydrogens is 260 g/mol. The van der Waals surface area contributed by atoms with Crippen molar-refractivity contribution in [2.45, 2.75) is 4.90 Å². The van der Waals surface area contributed by atoms with Gasteiger partial charge in [0.2, 0.25) is 0 Å². The smallest absolute Gasteiger partial charge is 0.449 e. The van der Waals surface area contributed by atoms with Gasteiger partial charge in [-0.3, -0.25) is 0 Å². The summed E-state index contributed by atoms with van der Waals surface area (Å²) in [6.45, 7) is 0. The van der Waals surface area contributed by atoms with Gasteiger partial charge in [0.05, 0.1) is 4.90 Å². The van der Waals surface area contributed by atoms with Gasteiger partial charge >= 0.3 is 6.16 Å². The first kappa shape index (κ1) is 11.9. The second-order valence-corrected chi connectivity index (χ2v) is 4.85. The average Bonchev–Trinajstić information content (AvgIpc) is 2.44. The molecule has 0 amide bonds. The van der Waals surface area contributed by atoms with Crippen molar-refractivity contribution in [2.24, 2.45) is 0 Å². The van der Waals surface area contributed by atoms with Gasteiger partial charge in [-0.15, -0.1) is 0 Å². The van der Waals surface area contributed by atoms with Crippen LogP contribution in [-0.4, -0.2) is 11.3 Å². The number of benzene rings is 3. The fourth-order valence-corrected chi connectivity index (χ4v) is 2.77. The maximum absolute atomic E-state index is 10.5. The molecule has 4 heteroatoms. The number of rotatable bonds is 2. The molecule has 3 aromatic rings. The predicted molar refractivity (Wildman–Crippen MR) is 76.4 cm³/mol. The van der Waals surface area contributed by atoms with Gasteiger partial charge in [-0.1, -0.05) is 48.5 Å². The lowest BCUT2D eigenvalue weighted by atomic mass is 10.0. The summed E-state index contributed by atoms with van der Waals surface area (Å²) >= 11 is 0.873. The highest BCUT2D eigenvalue weighted by Crippen LogP contribution is 2.34. The van der Waals surface area contributed by atoms with Gasteiger partial charge in [-0.25, -0.2) is 4.79 Å². The SMILES string of the molecule is O=C(O)OSc1cc2ccccc2c2ccccc12. The van der Waals surface area contributed by atoms with Crippen LogP contribution in [0.1, 0.15) is 0 Å². The van der Waals surface area contributed by atoms with E-state index in [0.29, 0.717) is 0 Å². The molecule has 1 N–H and O–H groups in total. The molecule has 0 spiro atoms. The summed E-state index contributed by atoms with van der Waals surface area (Å²) in [4.78, 5) is 11.3. The zero-order valence-corrected chi connectivity index (χ0v) is 10.7. The van der Waals surface area contributed by atoms with Gasteiger partial charge in [0.25, 0.3) is 0 Å². The maximum Gasteiger partial charge on any atom is 0.518 e. The van der Waals surface area contributed by atoms with Crippen molar-refractivity contribution in [3.63, 3.8) is 0 Å². The first-order valence-electron chi connectivity index (χ1n) is 5.73. The third-order valence-corrected chi connectivity index (χ3v) is 3.68. The number of carboxylic acid groups (broad SMARTS) is 1. The third kappa shape index (κ3) is 2.22. The van der Waals surface area contributed by atoms with Crippen LogP contribution in [0.15, 0.2) is 59.5 Å². The molecule has 0 aliphatic heterocycles. The fourth-order valence-electron chi connectivity index (χ4n) is 2.17. The second-order valence-electron chi connectivity index (χ2n) is 4.07. The van der Waals surface area contributed by atoms with Crippen molar-refractivity contribution in [3.05, 3.63) is 54.6 Å². The molecule has 3 aromatic carbocycles. The van der Waals surface area contributed by atoms with Crippen molar-refractivity contribution in [3.8, 4) is 0 Å². The number of fused-ring (bicyclic) bond motifs is 3.